The molecule has 8 rings (SSSR count). The van der Waals surface area contributed by atoms with Gasteiger partial charge in [0.25, 0.3) is 22.2 Å². The largest absolute Gasteiger partial charge is 0.394 e. The molecule has 58 heavy (non-hydrogen) atoms. The van der Waals surface area contributed by atoms with Gasteiger partial charge in [0.1, 0.15) is 11.6 Å². The summed E-state index contributed by atoms with van der Waals surface area (Å²) in [5, 5.41) is 43.7. The van der Waals surface area contributed by atoms with Gasteiger partial charge in [0, 0.05) is 38.6 Å². The molecule has 6 aromatic rings. The third kappa shape index (κ3) is 8.36. The second kappa shape index (κ2) is 16.5. The molecule has 2 fully saturated rings. The fourth-order valence-corrected chi connectivity index (χ4v) is 6.97. The number of nitrogens with zero attached hydrogens (tertiary/aromatic N) is 4. The third-order valence-electron chi connectivity index (χ3n) is 10.6. The second-order valence-electron chi connectivity index (χ2n) is 14.9. The predicted molar refractivity (Wildman–Crippen MR) is 216 cm³/mol. The highest BCUT2D eigenvalue weighted by Crippen LogP contribution is 2.42. The summed E-state index contributed by atoms with van der Waals surface area (Å²) in [5.74, 6) is -0.0764. The normalized spacial score (nSPS) is 14.9. The molecule has 2 aliphatic rings. The van der Waals surface area contributed by atoms with Crippen LogP contribution in [-0.4, -0.2) is 64.1 Å². The van der Waals surface area contributed by atoms with Gasteiger partial charge in [-0.25, -0.2) is 8.78 Å². The van der Waals surface area contributed by atoms with Gasteiger partial charge in [-0.1, -0.05) is 12.1 Å². The van der Waals surface area contributed by atoms with Crippen molar-refractivity contribution in [1.29, 1.82) is 0 Å². The maximum absolute atomic E-state index is 14.6. The molecule has 0 radical (unpaired) electrons. The molecule has 0 unspecified atom stereocenters. The van der Waals surface area contributed by atoms with Crippen molar-refractivity contribution in [3.63, 3.8) is 0 Å². The zero-order chi connectivity index (χ0) is 41.4. The molecule has 16 heteroatoms. The van der Waals surface area contributed by atoms with Crippen LogP contribution >= 0.6 is 0 Å². The van der Waals surface area contributed by atoms with Crippen molar-refractivity contribution in [3.05, 3.63) is 137 Å². The van der Waals surface area contributed by atoms with Gasteiger partial charge in [-0.2, -0.15) is 0 Å². The molecule has 0 amide bonds. The minimum absolute atomic E-state index is 0.0992. The number of hydrogen-bond donors (Lipinski definition) is 6. The standard InChI is InChI=1S/2C21H22FN3O4/c2*1-24-18-6-7-25(10-14(27)11-26)21(29)20(18)17(9-19(24)28)23-16-5-4-13(8-15(16)22)12-2-3-12/h2*4-9,12,14,23,26-27H,2-3,10-11H2,1H3/t2*14-/m10/s1. The first-order chi connectivity index (χ1) is 27.8. The summed E-state index contributed by atoms with van der Waals surface area (Å²) in [4.78, 5) is 50.7. The Morgan fingerprint density at radius 2 is 0.983 bits per heavy atom. The number of aliphatic hydroxyl groups excluding tert-OH is 4. The number of halogens is 2. The average molecular weight is 799 g/mol. The summed E-state index contributed by atoms with van der Waals surface area (Å²) < 4.78 is 34.4. The smallest absolute Gasteiger partial charge is 0.262 e. The Morgan fingerprint density at radius 1 is 0.603 bits per heavy atom. The van der Waals surface area contributed by atoms with Gasteiger partial charge in [-0.15, -0.1) is 0 Å². The van der Waals surface area contributed by atoms with Crippen molar-refractivity contribution in [2.24, 2.45) is 14.1 Å². The Balaban J connectivity index is 0.000000177. The monoisotopic (exact) mass is 798 g/mol. The van der Waals surface area contributed by atoms with Crippen molar-refractivity contribution in [2.45, 2.75) is 62.8 Å². The lowest BCUT2D eigenvalue weighted by Gasteiger charge is -2.16. The lowest BCUT2D eigenvalue weighted by molar-refractivity contribution is 0.0805. The number of hydrogen-bond acceptors (Lipinski definition) is 10. The number of aliphatic hydroxyl groups is 4. The van der Waals surface area contributed by atoms with Gasteiger partial charge in [-0.3, -0.25) is 19.2 Å². The van der Waals surface area contributed by atoms with E-state index < -0.39 is 48.2 Å². The van der Waals surface area contributed by atoms with Crippen LogP contribution in [0.2, 0.25) is 0 Å². The summed E-state index contributed by atoms with van der Waals surface area (Å²) in [6, 6.07) is 15.6. The van der Waals surface area contributed by atoms with E-state index in [1.165, 1.54) is 54.9 Å². The molecule has 6 N–H and O–H groups in total. The highest BCUT2D eigenvalue weighted by molar-refractivity contribution is 5.93. The number of rotatable bonds is 12. The third-order valence-corrected chi connectivity index (χ3v) is 10.6. The number of anilines is 4. The molecule has 0 aliphatic heterocycles. The number of benzene rings is 2. The predicted octanol–water partition coefficient (Wildman–Crippen LogP) is 3.63. The van der Waals surface area contributed by atoms with E-state index in [4.69, 9.17) is 10.2 Å². The van der Waals surface area contributed by atoms with Crippen LogP contribution in [0.4, 0.5) is 31.5 Å². The van der Waals surface area contributed by atoms with E-state index in [9.17, 15) is 38.2 Å². The van der Waals surface area contributed by atoms with Gasteiger partial charge in [0.15, 0.2) is 0 Å². The van der Waals surface area contributed by atoms with E-state index in [0.29, 0.717) is 22.9 Å². The van der Waals surface area contributed by atoms with Gasteiger partial charge in [0.05, 0.1) is 83.1 Å². The molecule has 0 bridgehead atoms. The van der Waals surface area contributed by atoms with E-state index in [1.54, 1.807) is 38.4 Å². The van der Waals surface area contributed by atoms with Crippen LogP contribution in [0.1, 0.15) is 48.6 Å². The van der Waals surface area contributed by atoms with Crippen molar-refractivity contribution in [2.75, 3.05) is 23.8 Å². The van der Waals surface area contributed by atoms with Crippen molar-refractivity contribution >= 4 is 44.6 Å². The van der Waals surface area contributed by atoms with Crippen LogP contribution in [0.3, 0.4) is 0 Å². The molecule has 0 spiro atoms. The van der Waals surface area contributed by atoms with Gasteiger partial charge in [-0.05, 0) is 85.0 Å². The molecular weight excluding hydrogens is 754 g/mol. The Hall–Kier alpha value is -5.94. The molecule has 14 nitrogen and oxygen atoms in total. The fraction of sp³-hybridized carbons (Fsp3) is 0.333. The number of nitrogens with one attached hydrogen (secondary N) is 2. The van der Waals surface area contributed by atoms with Crippen LogP contribution in [0.15, 0.2) is 92.2 Å². The molecule has 304 valence electrons. The fourth-order valence-electron chi connectivity index (χ4n) is 6.97. The summed E-state index contributed by atoms with van der Waals surface area (Å²) in [6.45, 7) is -1.17. The topological polar surface area (TPSA) is 193 Å². The average Bonchev–Trinajstić information content (AvgIpc) is 4.14. The Bertz CT molecular complexity index is 2580. The van der Waals surface area contributed by atoms with Crippen LogP contribution in [-0.2, 0) is 27.2 Å². The summed E-state index contributed by atoms with van der Waals surface area (Å²) in [5.41, 5.74) is 1.80. The highest BCUT2D eigenvalue weighted by atomic mass is 19.1. The first kappa shape index (κ1) is 40.3. The first-order valence-corrected chi connectivity index (χ1v) is 18.9. The number of fused-ring (bicyclic) bond motifs is 2. The zero-order valence-corrected chi connectivity index (χ0v) is 31.9. The minimum Gasteiger partial charge on any atom is -0.394 e. The van der Waals surface area contributed by atoms with Crippen molar-refractivity contribution in [1.82, 2.24) is 18.3 Å². The zero-order valence-electron chi connectivity index (χ0n) is 31.9. The van der Waals surface area contributed by atoms with E-state index >= 15 is 0 Å². The second-order valence-corrected chi connectivity index (χ2v) is 14.9. The first-order valence-electron chi connectivity index (χ1n) is 18.9. The molecule has 2 aromatic carbocycles. The molecule has 2 saturated carbocycles. The van der Waals surface area contributed by atoms with Gasteiger partial charge < -0.3 is 49.3 Å². The minimum atomic E-state index is -1.10. The molecule has 4 heterocycles. The molecule has 2 aliphatic carbocycles. The van der Waals surface area contributed by atoms with E-state index in [-0.39, 0.29) is 57.7 Å². The van der Waals surface area contributed by atoms with Crippen LogP contribution in [0, 0.1) is 11.6 Å². The Kier molecular flexibility index (Phi) is 11.5. The lowest BCUT2D eigenvalue weighted by Crippen LogP contribution is -2.30. The number of pyridine rings is 4. The van der Waals surface area contributed by atoms with E-state index in [0.717, 1.165) is 36.8 Å². The number of aromatic nitrogens is 4. The van der Waals surface area contributed by atoms with E-state index in [1.807, 2.05) is 12.1 Å². The maximum Gasteiger partial charge on any atom is 0.262 e. The van der Waals surface area contributed by atoms with Crippen molar-refractivity contribution < 1.29 is 29.2 Å². The summed E-state index contributed by atoms with van der Waals surface area (Å²) >= 11 is 0. The molecular formula is C42H44F2N6O8. The van der Waals surface area contributed by atoms with Crippen LogP contribution < -0.4 is 32.9 Å². The SMILES string of the molecule is Cn1c(=O)cc(Nc2ccc(C3CC3)cc2F)c2c(=O)n(C[C@@H](O)CO)ccc21.Cn1c(=O)cc(Nc2ccc(C3CC3)cc2F)c2c(=O)n(C[C@H](O)CO)ccc21. The molecule has 4 aromatic heterocycles. The molecule has 2 atom stereocenters. The Labute approximate surface area is 329 Å². The van der Waals surface area contributed by atoms with Gasteiger partial charge in [0.2, 0.25) is 0 Å². The van der Waals surface area contributed by atoms with Crippen LogP contribution in [0.5, 0.6) is 0 Å². The highest BCUT2D eigenvalue weighted by Gasteiger charge is 2.26. The lowest BCUT2D eigenvalue weighted by atomic mass is 10.1. The maximum atomic E-state index is 14.6. The van der Waals surface area contributed by atoms with Gasteiger partial charge >= 0.3 is 0 Å². The Morgan fingerprint density at radius 3 is 1.31 bits per heavy atom. The van der Waals surface area contributed by atoms with Crippen LogP contribution in [0.25, 0.3) is 21.8 Å². The van der Waals surface area contributed by atoms with E-state index in [2.05, 4.69) is 10.6 Å². The summed E-state index contributed by atoms with van der Waals surface area (Å²) in [7, 11) is 3.09. The van der Waals surface area contributed by atoms with Crippen molar-refractivity contribution in [3.8, 4) is 0 Å². The molecule has 0 saturated heterocycles. The summed E-state index contributed by atoms with van der Waals surface area (Å²) in [6.07, 6.45) is 4.96. The number of aryl methyl sites for hydroxylation is 2. The quantitative estimate of drug-likeness (QED) is 0.107.